The highest BCUT2D eigenvalue weighted by Gasteiger charge is 2.43. The number of carbonyl (C=O) groups excluding carboxylic acids is 10. The van der Waals surface area contributed by atoms with E-state index in [1.165, 1.54) is 80.4 Å². The van der Waals surface area contributed by atoms with Crippen LogP contribution in [-0.2, 0) is 9.47 Å². The average molecular weight is 1780 g/mol. The fourth-order valence-corrected chi connectivity index (χ4v) is 22.9. The summed E-state index contributed by atoms with van der Waals surface area (Å²) in [5, 5.41) is 21.2. The summed E-state index contributed by atoms with van der Waals surface area (Å²) in [7, 11) is 0. The predicted octanol–water partition coefficient (Wildman–Crippen LogP) is 27.0. The van der Waals surface area contributed by atoms with Crippen molar-refractivity contribution in [1.29, 1.82) is 0 Å². The van der Waals surface area contributed by atoms with E-state index in [-0.39, 0.29) is 59.6 Å². The summed E-state index contributed by atoms with van der Waals surface area (Å²) in [6, 6.07) is 46.1. The van der Waals surface area contributed by atoms with Crippen LogP contribution in [0.4, 0.5) is 0 Å². The van der Waals surface area contributed by atoms with Crippen molar-refractivity contribution in [3.05, 3.63) is 212 Å². The van der Waals surface area contributed by atoms with Crippen molar-refractivity contribution in [2.24, 2.45) is 5.73 Å². The second-order valence-corrected chi connectivity index (χ2v) is 38.1. The molecule has 0 saturated carbocycles. The van der Waals surface area contributed by atoms with Crippen molar-refractivity contribution >= 4 is 223 Å². The van der Waals surface area contributed by atoms with Crippen LogP contribution in [0.3, 0.4) is 0 Å². The molecule has 2 N–H and O–H groups in total. The molecule has 0 unspecified atom stereocenters. The minimum Gasteiger partial charge on any atom is -0.386 e. The highest BCUT2D eigenvalue weighted by molar-refractivity contribution is 7.81. The van der Waals surface area contributed by atoms with Gasteiger partial charge in [-0.1, -0.05) is 272 Å². The van der Waals surface area contributed by atoms with Crippen LogP contribution in [0, 0.1) is 0 Å². The average Bonchev–Trinajstić information content (AvgIpc) is 0.694. The highest BCUT2D eigenvalue weighted by Crippen LogP contribution is 2.52. The molecule has 6 aliphatic heterocycles. The van der Waals surface area contributed by atoms with Crippen LogP contribution >= 0.6 is 24.4 Å². The number of rotatable bonds is 29. The van der Waals surface area contributed by atoms with E-state index in [1.807, 2.05) is 109 Å². The number of thiocarbonyl (C=S) groups is 2. The maximum Gasteiger partial charge on any atom is 0.346 e. The molecular weight excluding hydrogens is 1670 g/mol. The van der Waals surface area contributed by atoms with Gasteiger partial charge in [-0.2, -0.15) is 0 Å². The van der Waals surface area contributed by atoms with Gasteiger partial charge in [-0.05, 0) is 224 Å². The summed E-state index contributed by atoms with van der Waals surface area (Å²) in [6.07, 6.45) is 28.1. The SMILES string of the molecule is CCCCCC[C@@H](C)N.CCCCCC[C@@H](C)N1C(=O)c2ccc3c4ccc5c6c(ccc(c7ccc(c2c37)C1=O)c64)C(=O)N([C@H](C)CCCCCC)C5=O.CCCCCC[C@@H](C)N1C(=O)c2ccc3c4ccc5c6c(ccc(c7ccc(c2c37)C1=S)c64)C(=O)N([C@H](C)CCCCCC)C5=S.O=C1OC(=O)c2ccc3c4ccc5c6c(ccc(c7ccc1c2c73)c64)C(=O)OC5=O. The minimum atomic E-state index is -0.666. The zero-order chi connectivity index (χ0) is 92.0. The van der Waals surface area contributed by atoms with Crippen molar-refractivity contribution in [1.82, 2.24) is 19.6 Å². The normalized spacial score (nSPS) is 15.8. The van der Waals surface area contributed by atoms with E-state index in [0.29, 0.717) is 82.1 Å². The molecule has 21 rings (SSSR count). The lowest BCUT2D eigenvalue weighted by Gasteiger charge is -2.36. The number of fused-ring (bicyclic) bond motifs is 6. The number of hydrogen-bond acceptors (Lipinski definition) is 15. The molecule has 0 saturated heterocycles. The van der Waals surface area contributed by atoms with Gasteiger partial charge in [0.1, 0.15) is 9.98 Å². The first-order valence-corrected chi connectivity index (χ1v) is 48.6. The number of unbranched alkanes of at least 4 members (excludes halogenated alkanes) is 15. The summed E-state index contributed by atoms with van der Waals surface area (Å²) >= 11 is 12.1. The summed E-state index contributed by atoms with van der Waals surface area (Å²) < 4.78 is 9.74. The standard InChI is InChI=1S/C40H42N2O4.C40H42N2O2S2.C24H8O6.C8H19N/c1-5-7-9-11-13-23(3)41-37(43)29-19-15-25-27-17-21-31-36-32(40(46)42(39(31)45)24(4)14-12-10-8-6-2)22-18-28(34(27)36)26-16-20-30(38(41)44)35(29)33(25)26;1-5-7-9-11-13-23(3)41-37(43)29-19-15-25-28-18-22-32-36-30(38(44)42(40(32)46)24(4)14-12-10-8-6-2)20-16-26(34(28)36)27-17-21-31(39(41)45)35(29)33(25)27;25-21-13-5-1-9-10-2-6-15-20-16(24(28)30-23(15)27)8-4-12(18(10)20)11-3-7-14(22(26)29-21)19(13)17(9)11;1-3-4-5-6-7-8(2)9/h2*15-24H,5-14H2,1-4H3;1-8H;8H,3-7,9H2,1-2H3/t2*23-,24-;;8-/m11.1/s1. The minimum absolute atomic E-state index is 0.0000797. The second-order valence-electron chi connectivity index (χ2n) is 37.3. The Labute approximate surface area is 773 Å². The monoisotopic (exact) mass is 1780 g/mol. The molecule has 17 nitrogen and oxygen atoms in total. The van der Waals surface area contributed by atoms with E-state index >= 15 is 0 Å². The van der Waals surface area contributed by atoms with Crippen LogP contribution in [0.2, 0.25) is 0 Å². The van der Waals surface area contributed by atoms with Gasteiger partial charge < -0.3 is 15.2 Å². The second kappa shape index (κ2) is 36.5. The lowest BCUT2D eigenvalue weighted by atomic mass is 9.82. The third kappa shape index (κ3) is 14.9. The van der Waals surface area contributed by atoms with Gasteiger partial charge in [0.2, 0.25) is 0 Å². The first kappa shape index (κ1) is 89.4. The molecule has 5 atom stereocenters. The van der Waals surface area contributed by atoms with Crippen LogP contribution in [0.15, 0.2) is 146 Å². The predicted molar refractivity (Wildman–Crippen MR) is 534 cm³/mol. The quantitative estimate of drug-likeness (QED) is 0.00874. The number of cyclic esters (lactones) is 4. The van der Waals surface area contributed by atoms with Gasteiger partial charge >= 0.3 is 23.9 Å². The first-order chi connectivity index (χ1) is 63.4. The maximum absolute atomic E-state index is 14.1. The first-order valence-electron chi connectivity index (χ1n) is 47.8. The van der Waals surface area contributed by atoms with Crippen molar-refractivity contribution in [2.45, 2.75) is 260 Å². The van der Waals surface area contributed by atoms with Gasteiger partial charge in [-0.25, -0.2) is 19.2 Å². The van der Waals surface area contributed by atoms with Gasteiger partial charge in [0, 0.05) is 107 Å². The number of nitrogens with zero attached hydrogens (tertiary/aromatic N) is 4. The van der Waals surface area contributed by atoms with Crippen LogP contribution < -0.4 is 5.73 Å². The fraction of sp³-hybridized carbons (Fsp3) is 0.357. The van der Waals surface area contributed by atoms with E-state index in [2.05, 4.69) is 91.8 Å². The van der Waals surface area contributed by atoms with Crippen LogP contribution in [0.1, 0.15) is 344 Å². The summed E-state index contributed by atoms with van der Waals surface area (Å²) in [6.45, 7) is 21.3. The third-order valence-electron chi connectivity index (χ3n) is 28.7. The lowest BCUT2D eigenvalue weighted by molar-refractivity contribution is 0.0373. The van der Waals surface area contributed by atoms with E-state index in [4.69, 9.17) is 39.6 Å². The molecule has 668 valence electrons. The summed E-state index contributed by atoms with van der Waals surface area (Å²) in [5.41, 5.74) is 12.5. The Kier molecular flexibility index (Phi) is 24.9. The third-order valence-corrected chi connectivity index (χ3v) is 29.6. The van der Waals surface area contributed by atoms with Gasteiger partial charge in [0.25, 0.3) is 35.4 Å². The molecule has 0 fully saturated rings. The molecule has 6 amide bonds. The Hall–Kier alpha value is -12.2. The zero-order valence-corrected chi connectivity index (χ0v) is 78.1. The van der Waals surface area contributed by atoms with Crippen molar-refractivity contribution < 1.29 is 57.4 Å². The smallest absolute Gasteiger partial charge is 0.346 e. The van der Waals surface area contributed by atoms with Crippen molar-refractivity contribution in [2.75, 3.05) is 0 Å². The molecule has 6 heterocycles. The number of hydrogen-bond donors (Lipinski definition) is 1. The highest BCUT2D eigenvalue weighted by atomic mass is 32.1. The molecular formula is C112H111N5O12S2. The largest absolute Gasteiger partial charge is 0.386 e. The molecule has 15 aromatic rings. The molecule has 15 aromatic carbocycles. The number of benzene rings is 15. The maximum atomic E-state index is 14.1. The zero-order valence-electron chi connectivity index (χ0n) is 76.5. The number of ether oxygens (including phenoxy) is 2. The molecule has 0 bridgehead atoms. The Bertz CT molecular complexity index is 6270. The molecule has 0 aromatic heterocycles. The van der Waals surface area contributed by atoms with Gasteiger partial charge in [-0.3, -0.25) is 48.4 Å². The molecule has 0 aliphatic carbocycles. The van der Waals surface area contributed by atoms with E-state index in [0.717, 1.165) is 220 Å². The number of amides is 6. The Morgan fingerprint density at radius 1 is 0.221 bits per heavy atom. The molecule has 0 radical (unpaired) electrons. The van der Waals surface area contributed by atoms with Gasteiger partial charge in [0.05, 0.1) is 22.3 Å². The Morgan fingerprint density at radius 2 is 0.389 bits per heavy atom. The molecule has 0 spiro atoms. The molecule has 19 heteroatoms. The number of imide groups is 2. The van der Waals surface area contributed by atoms with Crippen LogP contribution in [0.25, 0.3) is 129 Å². The molecule has 6 aliphatic rings. The fourth-order valence-electron chi connectivity index (χ4n) is 22.0. The number of nitrogens with two attached hydrogens (primary N) is 1. The van der Waals surface area contributed by atoms with Gasteiger partial charge in [0.15, 0.2) is 0 Å². The number of carbonyl (C=O) groups is 10. The van der Waals surface area contributed by atoms with E-state index < -0.39 is 23.9 Å². The van der Waals surface area contributed by atoms with Crippen LogP contribution in [0.5, 0.6) is 0 Å². The summed E-state index contributed by atoms with van der Waals surface area (Å²) in [5.74, 6) is -3.61. The molecule has 131 heavy (non-hydrogen) atoms. The summed E-state index contributed by atoms with van der Waals surface area (Å²) in [4.78, 5) is 141. The topological polar surface area (TPSA) is 228 Å². The number of esters is 4. The Morgan fingerprint density at radius 3 is 0.595 bits per heavy atom. The Balaban J connectivity index is 0.000000128. The van der Waals surface area contributed by atoms with Crippen molar-refractivity contribution in [3.63, 3.8) is 0 Å². The van der Waals surface area contributed by atoms with Crippen molar-refractivity contribution in [3.8, 4) is 0 Å². The van der Waals surface area contributed by atoms with E-state index in [1.54, 1.807) is 24.3 Å². The van der Waals surface area contributed by atoms with Gasteiger partial charge in [-0.15, -0.1) is 0 Å². The lowest BCUT2D eigenvalue weighted by Crippen LogP contribution is -2.46. The van der Waals surface area contributed by atoms with Crippen LogP contribution in [-0.4, -0.2) is 119 Å². The van der Waals surface area contributed by atoms with E-state index in [9.17, 15) is 47.9 Å².